The lowest BCUT2D eigenvalue weighted by Crippen LogP contribution is -2.20. The molecule has 0 aromatic heterocycles. The summed E-state index contributed by atoms with van der Waals surface area (Å²) in [4.78, 5) is 11.6. The highest BCUT2D eigenvalue weighted by Gasteiger charge is 2.04. The number of nitrogens with one attached hydrogen (secondary N) is 1. The van der Waals surface area contributed by atoms with Crippen LogP contribution in [0.3, 0.4) is 0 Å². The molecule has 0 spiro atoms. The van der Waals surface area contributed by atoms with Gasteiger partial charge >= 0.3 is 0 Å². The number of ether oxygens (including phenoxy) is 1. The molecule has 5 heteroatoms. The van der Waals surface area contributed by atoms with Crippen LogP contribution in [-0.4, -0.2) is 12.5 Å². The summed E-state index contributed by atoms with van der Waals surface area (Å²) in [5, 5.41) is 2.56. The highest BCUT2D eigenvalue weighted by Crippen LogP contribution is 2.15. The molecule has 0 saturated carbocycles. The number of hydrogen-bond donors (Lipinski definition) is 1. The highest BCUT2D eigenvalue weighted by molar-refractivity contribution is 14.1. The fraction of sp³-hybridized carbons (Fsp3) is 0.0714. The molecule has 0 saturated heterocycles. The minimum atomic E-state index is -0.392. The lowest BCUT2D eigenvalue weighted by Gasteiger charge is -2.07. The molecule has 0 radical (unpaired) electrons. The quantitative estimate of drug-likeness (QED) is 0.837. The molecule has 98 valence electrons. The van der Waals surface area contributed by atoms with Gasteiger partial charge in [0.15, 0.2) is 6.61 Å². The third kappa shape index (κ3) is 4.51. The van der Waals surface area contributed by atoms with Gasteiger partial charge in [0.25, 0.3) is 5.91 Å². The third-order valence-electron chi connectivity index (χ3n) is 2.27. The summed E-state index contributed by atoms with van der Waals surface area (Å²) in [6.07, 6.45) is 0. The number of hydrogen-bond acceptors (Lipinski definition) is 2. The Morgan fingerprint density at radius 3 is 2.74 bits per heavy atom. The molecular weight excluding hydrogens is 360 g/mol. The van der Waals surface area contributed by atoms with Gasteiger partial charge < -0.3 is 10.1 Å². The fourth-order valence-corrected chi connectivity index (χ4v) is 1.98. The number of benzene rings is 2. The monoisotopic (exact) mass is 371 g/mol. The maximum Gasteiger partial charge on any atom is 0.262 e. The Kier molecular flexibility index (Phi) is 4.73. The first-order valence-electron chi connectivity index (χ1n) is 5.57. The number of carbonyl (C=O) groups excluding carboxylic acids is 1. The molecule has 0 fully saturated rings. The molecule has 0 atom stereocenters. The SMILES string of the molecule is O=C(COc1cccc(I)c1)Nc1cccc(F)c1. The smallest absolute Gasteiger partial charge is 0.262 e. The van der Waals surface area contributed by atoms with Gasteiger partial charge in [0.2, 0.25) is 0 Å². The zero-order chi connectivity index (χ0) is 13.7. The standard InChI is InChI=1S/C14H11FINO2/c15-10-3-1-5-12(7-10)17-14(18)9-19-13-6-2-4-11(16)8-13/h1-8H,9H2,(H,17,18). The van der Waals surface area contributed by atoms with E-state index in [1.165, 1.54) is 18.2 Å². The van der Waals surface area contributed by atoms with E-state index >= 15 is 0 Å². The molecule has 0 aliphatic rings. The number of anilines is 1. The summed E-state index contributed by atoms with van der Waals surface area (Å²) in [6.45, 7) is -0.114. The second-order valence-corrected chi connectivity index (χ2v) is 5.05. The average molecular weight is 371 g/mol. The summed E-state index contributed by atoms with van der Waals surface area (Å²) in [7, 11) is 0. The number of amides is 1. The van der Waals surface area contributed by atoms with Crippen LogP contribution in [0.2, 0.25) is 0 Å². The van der Waals surface area contributed by atoms with Crippen molar-refractivity contribution in [3.63, 3.8) is 0 Å². The Bertz CT molecular complexity index is 589. The summed E-state index contributed by atoms with van der Waals surface area (Å²) in [6, 6.07) is 13.1. The van der Waals surface area contributed by atoms with E-state index in [9.17, 15) is 9.18 Å². The van der Waals surface area contributed by atoms with Gasteiger partial charge in [0.1, 0.15) is 11.6 Å². The lowest BCUT2D eigenvalue weighted by molar-refractivity contribution is -0.118. The minimum Gasteiger partial charge on any atom is -0.484 e. The van der Waals surface area contributed by atoms with Gasteiger partial charge in [-0.25, -0.2) is 4.39 Å². The molecule has 1 amide bonds. The zero-order valence-electron chi connectivity index (χ0n) is 9.90. The first kappa shape index (κ1) is 13.8. The van der Waals surface area contributed by atoms with Crippen LogP contribution in [0.5, 0.6) is 5.75 Å². The van der Waals surface area contributed by atoms with Crippen LogP contribution in [-0.2, 0) is 4.79 Å². The van der Waals surface area contributed by atoms with Crippen LogP contribution in [0.4, 0.5) is 10.1 Å². The van der Waals surface area contributed by atoms with Gasteiger partial charge in [-0.3, -0.25) is 4.79 Å². The van der Waals surface area contributed by atoms with Crippen molar-refractivity contribution in [2.45, 2.75) is 0 Å². The number of carbonyl (C=O) groups is 1. The molecule has 2 aromatic carbocycles. The predicted octanol–water partition coefficient (Wildman–Crippen LogP) is 3.45. The molecular formula is C14H11FINO2. The molecule has 0 heterocycles. The van der Waals surface area contributed by atoms with Crippen molar-refractivity contribution in [3.8, 4) is 5.75 Å². The average Bonchev–Trinajstić information content (AvgIpc) is 2.36. The van der Waals surface area contributed by atoms with E-state index < -0.39 is 5.82 Å². The van der Waals surface area contributed by atoms with E-state index in [1.54, 1.807) is 12.1 Å². The van der Waals surface area contributed by atoms with Gasteiger partial charge in [-0.05, 0) is 59.0 Å². The van der Waals surface area contributed by atoms with Crippen molar-refractivity contribution in [1.82, 2.24) is 0 Å². The van der Waals surface area contributed by atoms with Crippen LogP contribution >= 0.6 is 22.6 Å². The van der Waals surface area contributed by atoms with E-state index in [0.717, 1.165) is 3.57 Å². The van der Waals surface area contributed by atoms with E-state index in [2.05, 4.69) is 27.9 Å². The van der Waals surface area contributed by atoms with Crippen LogP contribution in [0.1, 0.15) is 0 Å². The maximum atomic E-state index is 12.9. The second kappa shape index (κ2) is 6.51. The lowest BCUT2D eigenvalue weighted by atomic mass is 10.3. The van der Waals surface area contributed by atoms with Crippen molar-refractivity contribution in [3.05, 3.63) is 57.9 Å². The van der Waals surface area contributed by atoms with Gasteiger partial charge in [0.05, 0.1) is 0 Å². The minimum absolute atomic E-state index is 0.114. The second-order valence-electron chi connectivity index (χ2n) is 3.80. The Balaban J connectivity index is 1.88. The predicted molar refractivity (Wildman–Crippen MR) is 79.7 cm³/mol. The summed E-state index contributed by atoms with van der Waals surface area (Å²) in [5.74, 6) is -0.0953. The zero-order valence-corrected chi connectivity index (χ0v) is 12.1. The van der Waals surface area contributed by atoms with Gasteiger partial charge in [-0.15, -0.1) is 0 Å². The van der Waals surface area contributed by atoms with Crippen molar-refractivity contribution >= 4 is 34.2 Å². The largest absolute Gasteiger partial charge is 0.484 e. The van der Waals surface area contributed by atoms with Crippen LogP contribution in [0.25, 0.3) is 0 Å². The maximum absolute atomic E-state index is 12.9. The Morgan fingerprint density at radius 1 is 1.21 bits per heavy atom. The number of rotatable bonds is 4. The number of halogens is 2. The molecule has 19 heavy (non-hydrogen) atoms. The molecule has 0 unspecified atom stereocenters. The van der Waals surface area contributed by atoms with Crippen LogP contribution in [0, 0.1) is 9.39 Å². The van der Waals surface area contributed by atoms with Gasteiger partial charge in [-0.2, -0.15) is 0 Å². The van der Waals surface area contributed by atoms with E-state index in [4.69, 9.17) is 4.74 Å². The molecule has 0 bridgehead atoms. The topological polar surface area (TPSA) is 38.3 Å². The summed E-state index contributed by atoms with van der Waals surface area (Å²) in [5.41, 5.74) is 0.413. The first-order chi connectivity index (χ1) is 9.13. The first-order valence-corrected chi connectivity index (χ1v) is 6.65. The normalized spacial score (nSPS) is 10.0. The van der Waals surface area contributed by atoms with Gasteiger partial charge in [-0.1, -0.05) is 12.1 Å². The molecule has 3 nitrogen and oxygen atoms in total. The third-order valence-corrected chi connectivity index (χ3v) is 2.95. The van der Waals surface area contributed by atoms with Crippen LogP contribution < -0.4 is 10.1 Å². The van der Waals surface area contributed by atoms with Crippen molar-refractivity contribution in [1.29, 1.82) is 0 Å². The summed E-state index contributed by atoms with van der Waals surface area (Å²) < 4.78 is 19.3. The molecule has 1 N–H and O–H groups in total. The molecule has 2 aromatic rings. The summed E-state index contributed by atoms with van der Waals surface area (Å²) >= 11 is 2.16. The molecule has 2 rings (SSSR count). The Labute approximate surface area is 123 Å². The fourth-order valence-electron chi connectivity index (χ4n) is 1.47. The van der Waals surface area contributed by atoms with E-state index in [-0.39, 0.29) is 12.5 Å². The van der Waals surface area contributed by atoms with Crippen LogP contribution in [0.15, 0.2) is 48.5 Å². The van der Waals surface area contributed by atoms with Crippen molar-refractivity contribution in [2.75, 3.05) is 11.9 Å². The van der Waals surface area contributed by atoms with Gasteiger partial charge in [0, 0.05) is 9.26 Å². The molecule has 0 aliphatic carbocycles. The Morgan fingerprint density at radius 2 is 2.00 bits per heavy atom. The van der Waals surface area contributed by atoms with E-state index in [1.807, 2.05) is 18.2 Å². The van der Waals surface area contributed by atoms with E-state index in [0.29, 0.717) is 11.4 Å². The highest BCUT2D eigenvalue weighted by atomic mass is 127. The van der Waals surface area contributed by atoms with Crippen molar-refractivity contribution in [2.24, 2.45) is 0 Å². The molecule has 0 aliphatic heterocycles. The van der Waals surface area contributed by atoms with Crippen molar-refractivity contribution < 1.29 is 13.9 Å². The Hall–Kier alpha value is -1.63.